The van der Waals surface area contributed by atoms with Crippen LogP contribution in [-0.2, 0) is 10.2 Å². The molecular weight excluding hydrogens is 453 g/mol. The van der Waals surface area contributed by atoms with E-state index in [9.17, 15) is 14.0 Å². The second-order valence-corrected chi connectivity index (χ2v) is 9.96. The van der Waals surface area contributed by atoms with Crippen LogP contribution in [0, 0.1) is 5.82 Å². The largest absolute Gasteiger partial charge is 0.340 e. The maximum Gasteiger partial charge on any atom is 0.253 e. The van der Waals surface area contributed by atoms with Crippen LogP contribution in [0.3, 0.4) is 0 Å². The molecule has 2 saturated heterocycles. The molecule has 2 aromatic carbocycles. The molecule has 2 fully saturated rings. The monoisotopic (exact) mass is 485 g/mol. The number of likely N-dealkylation sites (N-methyl/N-ethyl adjacent to an activating group) is 1. The summed E-state index contributed by atoms with van der Waals surface area (Å²) >= 11 is 0. The number of likely N-dealkylation sites (tertiary alicyclic amines) is 1. The number of fused-ring (bicyclic) bond motifs is 2. The van der Waals surface area contributed by atoms with Gasteiger partial charge in [-0.25, -0.2) is 4.39 Å². The number of halogens is 2. The molecule has 2 heterocycles. The molecule has 0 aromatic heterocycles. The number of piperidine rings is 1. The Balaban J connectivity index is 0.00000274. The quantitative estimate of drug-likeness (QED) is 0.658. The molecule has 0 radical (unpaired) electrons. The van der Waals surface area contributed by atoms with Crippen LogP contribution < -0.4 is 0 Å². The number of hydrogen-bond donors (Lipinski definition) is 0. The molecule has 0 bridgehead atoms. The standard InChI is InChI=1S/C27H32FN3O2.ClH/c1-29-14-16-30(17-15-29)25(32)18-21-19-27(24-5-3-2-4-23(21)24)10-12-31(13-11-27)26(33)20-6-8-22(28)9-7-20;/h2-9,21H,10-19H2,1H3;1H. The molecule has 0 N–H and O–H groups in total. The van der Waals surface area contributed by atoms with Crippen LogP contribution >= 0.6 is 12.4 Å². The summed E-state index contributed by atoms with van der Waals surface area (Å²) in [5, 5.41) is 0. The average molecular weight is 486 g/mol. The highest BCUT2D eigenvalue weighted by molar-refractivity contribution is 5.94. The lowest BCUT2D eigenvalue weighted by molar-refractivity contribution is -0.133. The molecular formula is C27H33ClFN3O2. The van der Waals surface area contributed by atoms with Gasteiger partial charge in [0.15, 0.2) is 0 Å². The van der Waals surface area contributed by atoms with Crippen molar-refractivity contribution in [2.24, 2.45) is 0 Å². The van der Waals surface area contributed by atoms with Crippen molar-refractivity contribution in [2.75, 3.05) is 46.3 Å². The van der Waals surface area contributed by atoms with Gasteiger partial charge in [0.05, 0.1) is 0 Å². The van der Waals surface area contributed by atoms with Crippen LogP contribution in [0.25, 0.3) is 0 Å². The smallest absolute Gasteiger partial charge is 0.253 e. The summed E-state index contributed by atoms with van der Waals surface area (Å²) < 4.78 is 13.2. The third-order valence-electron chi connectivity index (χ3n) is 7.99. The van der Waals surface area contributed by atoms with Crippen molar-refractivity contribution < 1.29 is 14.0 Å². The predicted molar refractivity (Wildman–Crippen MR) is 133 cm³/mol. The van der Waals surface area contributed by atoms with Crippen LogP contribution in [-0.4, -0.2) is 72.8 Å². The molecule has 3 aliphatic rings. The summed E-state index contributed by atoms with van der Waals surface area (Å²) in [7, 11) is 2.10. The van der Waals surface area contributed by atoms with Crippen molar-refractivity contribution in [1.29, 1.82) is 0 Å². The molecule has 1 spiro atoms. The third-order valence-corrected chi connectivity index (χ3v) is 7.99. The van der Waals surface area contributed by atoms with Gasteiger partial charge in [-0.2, -0.15) is 0 Å². The van der Waals surface area contributed by atoms with E-state index in [1.807, 2.05) is 9.80 Å². The van der Waals surface area contributed by atoms with Gasteiger partial charge in [0.25, 0.3) is 5.91 Å². The van der Waals surface area contributed by atoms with E-state index in [0.717, 1.165) is 45.4 Å². The normalized spacial score (nSPS) is 21.8. The Morgan fingerprint density at radius 1 is 0.912 bits per heavy atom. The third kappa shape index (κ3) is 4.71. The van der Waals surface area contributed by atoms with E-state index in [4.69, 9.17) is 0 Å². The van der Waals surface area contributed by atoms with Crippen LogP contribution in [0.2, 0.25) is 0 Å². The summed E-state index contributed by atoms with van der Waals surface area (Å²) in [6.07, 6.45) is 3.34. The van der Waals surface area contributed by atoms with E-state index >= 15 is 0 Å². The first-order valence-corrected chi connectivity index (χ1v) is 12.1. The van der Waals surface area contributed by atoms with Gasteiger partial charge >= 0.3 is 0 Å². The minimum Gasteiger partial charge on any atom is -0.340 e. The van der Waals surface area contributed by atoms with Gasteiger partial charge in [-0.1, -0.05) is 24.3 Å². The summed E-state index contributed by atoms with van der Waals surface area (Å²) in [6.45, 7) is 4.88. The number of rotatable bonds is 3. The fourth-order valence-corrected chi connectivity index (χ4v) is 5.99. The lowest BCUT2D eigenvalue weighted by atomic mass is 9.73. The molecule has 2 aromatic rings. The minimum absolute atomic E-state index is 0. The first kappa shape index (κ1) is 24.7. The van der Waals surface area contributed by atoms with Gasteiger partial charge < -0.3 is 14.7 Å². The van der Waals surface area contributed by atoms with Gasteiger partial charge in [-0.05, 0) is 73.0 Å². The van der Waals surface area contributed by atoms with Crippen molar-refractivity contribution in [3.8, 4) is 0 Å². The Kier molecular flexibility index (Phi) is 7.29. The highest BCUT2D eigenvalue weighted by atomic mass is 35.5. The number of benzene rings is 2. The molecule has 1 unspecified atom stereocenters. The highest BCUT2D eigenvalue weighted by Gasteiger charge is 2.46. The molecule has 5 rings (SSSR count). The second kappa shape index (κ2) is 10.0. The van der Waals surface area contributed by atoms with E-state index in [1.54, 1.807) is 12.1 Å². The van der Waals surface area contributed by atoms with E-state index in [1.165, 1.54) is 23.3 Å². The SMILES string of the molecule is CN1CCN(C(=O)CC2CC3(CCN(C(=O)c4ccc(F)cc4)CC3)c3ccccc32)CC1.Cl. The van der Waals surface area contributed by atoms with E-state index in [0.29, 0.717) is 25.1 Å². The predicted octanol–water partition coefficient (Wildman–Crippen LogP) is 4.07. The van der Waals surface area contributed by atoms with Crippen LogP contribution in [0.15, 0.2) is 48.5 Å². The topological polar surface area (TPSA) is 43.9 Å². The maximum absolute atomic E-state index is 13.2. The zero-order valence-electron chi connectivity index (χ0n) is 19.7. The number of amides is 2. The van der Waals surface area contributed by atoms with E-state index in [-0.39, 0.29) is 41.4 Å². The van der Waals surface area contributed by atoms with Crippen molar-refractivity contribution in [2.45, 2.75) is 37.0 Å². The number of piperazine rings is 1. The summed E-state index contributed by atoms with van der Waals surface area (Å²) in [6, 6.07) is 14.4. The lowest BCUT2D eigenvalue weighted by Crippen LogP contribution is -2.47. The Bertz CT molecular complexity index is 1030. The second-order valence-electron chi connectivity index (χ2n) is 9.96. The van der Waals surface area contributed by atoms with Gasteiger partial charge in [0.1, 0.15) is 5.82 Å². The zero-order valence-corrected chi connectivity index (χ0v) is 20.5. The molecule has 7 heteroatoms. The van der Waals surface area contributed by atoms with Crippen molar-refractivity contribution in [1.82, 2.24) is 14.7 Å². The summed E-state index contributed by atoms with van der Waals surface area (Å²) in [5.74, 6) is 0.151. The highest BCUT2D eigenvalue weighted by Crippen LogP contribution is 2.52. The average Bonchev–Trinajstić information content (AvgIpc) is 3.13. The van der Waals surface area contributed by atoms with E-state index < -0.39 is 0 Å². The molecule has 5 nitrogen and oxygen atoms in total. The Morgan fingerprint density at radius 3 is 2.24 bits per heavy atom. The van der Waals surface area contributed by atoms with Crippen molar-refractivity contribution in [3.63, 3.8) is 0 Å². The molecule has 2 aliphatic heterocycles. The molecule has 1 atom stereocenters. The number of carbonyl (C=O) groups excluding carboxylic acids is 2. The van der Waals surface area contributed by atoms with Crippen LogP contribution in [0.5, 0.6) is 0 Å². The fourth-order valence-electron chi connectivity index (χ4n) is 5.99. The number of hydrogen-bond acceptors (Lipinski definition) is 3. The molecule has 182 valence electrons. The Hall–Kier alpha value is -2.44. The first-order valence-electron chi connectivity index (χ1n) is 12.1. The number of carbonyl (C=O) groups is 2. The Labute approximate surface area is 207 Å². The summed E-state index contributed by atoms with van der Waals surface area (Å²) in [5.41, 5.74) is 3.26. The van der Waals surface area contributed by atoms with Crippen molar-refractivity contribution >= 4 is 24.2 Å². The molecule has 0 saturated carbocycles. The Morgan fingerprint density at radius 2 is 1.56 bits per heavy atom. The zero-order chi connectivity index (χ0) is 23.0. The molecule has 1 aliphatic carbocycles. The van der Waals surface area contributed by atoms with Gasteiger partial charge in [0.2, 0.25) is 5.91 Å². The van der Waals surface area contributed by atoms with Gasteiger partial charge in [-0.3, -0.25) is 9.59 Å². The molecule has 2 amide bonds. The first-order chi connectivity index (χ1) is 15.9. The lowest BCUT2D eigenvalue weighted by Gasteiger charge is -2.40. The van der Waals surface area contributed by atoms with Gasteiger partial charge in [-0.15, -0.1) is 12.4 Å². The number of nitrogens with zero attached hydrogens (tertiary/aromatic N) is 3. The van der Waals surface area contributed by atoms with Gasteiger partial charge in [0, 0.05) is 51.3 Å². The fraction of sp³-hybridized carbons (Fsp3) is 0.481. The van der Waals surface area contributed by atoms with E-state index in [2.05, 4.69) is 36.2 Å². The molecule has 34 heavy (non-hydrogen) atoms. The van der Waals surface area contributed by atoms with Crippen molar-refractivity contribution in [3.05, 3.63) is 71.0 Å². The summed E-state index contributed by atoms with van der Waals surface area (Å²) in [4.78, 5) is 32.2. The minimum atomic E-state index is -0.330. The maximum atomic E-state index is 13.2. The van der Waals surface area contributed by atoms with Crippen LogP contribution in [0.4, 0.5) is 4.39 Å². The van der Waals surface area contributed by atoms with Crippen LogP contribution in [0.1, 0.15) is 53.1 Å².